The van der Waals surface area contributed by atoms with E-state index in [-0.39, 0.29) is 17.7 Å². The molecular weight excluding hydrogens is 204 g/mol. The molecule has 0 aromatic heterocycles. The highest BCUT2D eigenvalue weighted by atomic mass is 16.2. The second-order valence-corrected chi connectivity index (χ2v) is 4.24. The molecule has 0 spiro atoms. The minimum absolute atomic E-state index is 0.159. The molecule has 0 aliphatic heterocycles. The molecule has 1 rings (SSSR count). The molecule has 4 nitrogen and oxygen atoms in total. The van der Waals surface area contributed by atoms with Crippen molar-refractivity contribution < 1.29 is 9.59 Å². The van der Waals surface area contributed by atoms with Gasteiger partial charge in [-0.3, -0.25) is 9.59 Å². The number of amides is 2. The average molecular weight is 224 g/mol. The van der Waals surface area contributed by atoms with Crippen LogP contribution in [0.4, 0.5) is 0 Å². The Labute approximate surface area is 96.7 Å². The topological polar surface area (TPSA) is 49.4 Å². The Morgan fingerprint density at radius 3 is 2.69 bits per heavy atom. The fourth-order valence-corrected chi connectivity index (χ4v) is 1.68. The van der Waals surface area contributed by atoms with Gasteiger partial charge >= 0.3 is 0 Å². The molecule has 0 aromatic rings. The van der Waals surface area contributed by atoms with Gasteiger partial charge in [0, 0.05) is 26.1 Å². The fraction of sp³-hybridized carbons (Fsp3) is 0.667. The fourth-order valence-electron chi connectivity index (χ4n) is 1.68. The lowest BCUT2D eigenvalue weighted by atomic mass is 9.84. The third kappa shape index (κ3) is 3.68. The van der Waals surface area contributed by atoms with Crippen LogP contribution in [0.1, 0.15) is 25.7 Å². The Bertz CT molecular complexity index is 272. The molecule has 0 atom stereocenters. The standard InChI is InChI=1S/C12H20N2O2/c1-3-11(15)13-8-5-9-14(2)12(16)10-6-4-7-10/h3,10H,1,4-9H2,2H3,(H,13,15). The summed E-state index contributed by atoms with van der Waals surface area (Å²) in [7, 11) is 1.83. The lowest BCUT2D eigenvalue weighted by molar-refractivity contribution is -0.136. The van der Waals surface area contributed by atoms with Gasteiger partial charge in [0.2, 0.25) is 11.8 Å². The summed E-state index contributed by atoms with van der Waals surface area (Å²) < 4.78 is 0. The Morgan fingerprint density at radius 1 is 1.50 bits per heavy atom. The van der Waals surface area contributed by atoms with Crippen molar-refractivity contribution in [2.75, 3.05) is 20.1 Å². The number of rotatable bonds is 6. The van der Waals surface area contributed by atoms with Gasteiger partial charge < -0.3 is 10.2 Å². The lowest BCUT2D eigenvalue weighted by Crippen LogP contribution is -2.37. The van der Waals surface area contributed by atoms with Crippen LogP contribution in [-0.2, 0) is 9.59 Å². The Balaban J connectivity index is 2.09. The predicted molar refractivity (Wildman–Crippen MR) is 62.8 cm³/mol. The van der Waals surface area contributed by atoms with Crippen molar-refractivity contribution in [2.24, 2.45) is 5.92 Å². The summed E-state index contributed by atoms with van der Waals surface area (Å²) in [6.07, 6.45) is 5.30. The zero-order valence-corrected chi connectivity index (χ0v) is 9.87. The van der Waals surface area contributed by atoms with Crippen LogP contribution in [0.5, 0.6) is 0 Å². The van der Waals surface area contributed by atoms with E-state index in [1.54, 1.807) is 4.90 Å². The van der Waals surface area contributed by atoms with Crippen LogP contribution in [-0.4, -0.2) is 36.9 Å². The quantitative estimate of drug-likeness (QED) is 0.539. The molecular formula is C12H20N2O2. The molecule has 1 aliphatic carbocycles. The zero-order valence-electron chi connectivity index (χ0n) is 9.87. The highest BCUT2D eigenvalue weighted by Crippen LogP contribution is 2.27. The molecule has 16 heavy (non-hydrogen) atoms. The zero-order chi connectivity index (χ0) is 12.0. The number of hydrogen-bond donors (Lipinski definition) is 1. The van der Waals surface area contributed by atoms with Crippen LogP contribution in [0.2, 0.25) is 0 Å². The van der Waals surface area contributed by atoms with Gasteiger partial charge in [0.15, 0.2) is 0 Å². The highest BCUT2D eigenvalue weighted by Gasteiger charge is 2.27. The van der Waals surface area contributed by atoms with E-state index < -0.39 is 0 Å². The van der Waals surface area contributed by atoms with Crippen LogP contribution in [0.3, 0.4) is 0 Å². The summed E-state index contributed by atoms with van der Waals surface area (Å²) in [5.74, 6) is 0.349. The molecule has 1 fully saturated rings. The second-order valence-electron chi connectivity index (χ2n) is 4.24. The average Bonchev–Trinajstić information content (AvgIpc) is 2.21. The first-order chi connectivity index (χ1) is 7.65. The van der Waals surface area contributed by atoms with Crippen molar-refractivity contribution in [3.63, 3.8) is 0 Å². The third-order valence-electron chi connectivity index (χ3n) is 2.99. The highest BCUT2D eigenvalue weighted by molar-refractivity contribution is 5.86. The van der Waals surface area contributed by atoms with E-state index in [2.05, 4.69) is 11.9 Å². The summed E-state index contributed by atoms with van der Waals surface area (Å²) >= 11 is 0. The van der Waals surface area contributed by atoms with E-state index in [0.717, 1.165) is 19.3 Å². The molecule has 0 unspecified atom stereocenters. The van der Waals surface area contributed by atoms with Gasteiger partial charge in [-0.25, -0.2) is 0 Å². The number of nitrogens with zero attached hydrogens (tertiary/aromatic N) is 1. The van der Waals surface area contributed by atoms with E-state index >= 15 is 0 Å². The van der Waals surface area contributed by atoms with Crippen molar-refractivity contribution in [1.29, 1.82) is 0 Å². The minimum Gasteiger partial charge on any atom is -0.353 e. The summed E-state index contributed by atoms with van der Waals surface area (Å²) in [5.41, 5.74) is 0. The van der Waals surface area contributed by atoms with Gasteiger partial charge in [0.05, 0.1) is 0 Å². The molecule has 1 N–H and O–H groups in total. The summed E-state index contributed by atoms with van der Waals surface area (Å²) in [5, 5.41) is 2.69. The van der Waals surface area contributed by atoms with Gasteiger partial charge in [0.1, 0.15) is 0 Å². The maximum Gasteiger partial charge on any atom is 0.243 e. The monoisotopic (exact) mass is 224 g/mol. The molecule has 1 aliphatic rings. The van der Waals surface area contributed by atoms with Gasteiger partial charge in [-0.2, -0.15) is 0 Å². The van der Waals surface area contributed by atoms with Crippen LogP contribution in [0.25, 0.3) is 0 Å². The number of carbonyl (C=O) groups is 2. The Hall–Kier alpha value is -1.32. The number of nitrogens with one attached hydrogen (secondary N) is 1. The molecule has 0 radical (unpaired) electrons. The maximum atomic E-state index is 11.7. The minimum atomic E-state index is -0.159. The smallest absolute Gasteiger partial charge is 0.243 e. The molecule has 1 saturated carbocycles. The van der Waals surface area contributed by atoms with Gasteiger partial charge in [-0.1, -0.05) is 13.0 Å². The van der Waals surface area contributed by atoms with E-state index in [0.29, 0.717) is 13.1 Å². The summed E-state index contributed by atoms with van der Waals surface area (Å²) in [6.45, 7) is 4.66. The van der Waals surface area contributed by atoms with Crippen LogP contribution in [0.15, 0.2) is 12.7 Å². The van der Waals surface area contributed by atoms with Gasteiger partial charge in [-0.05, 0) is 25.3 Å². The van der Waals surface area contributed by atoms with Crippen molar-refractivity contribution in [1.82, 2.24) is 10.2 Å². The first-order valence-corrected chi connectivity index (χ1v) is 5.80. The lowest BCUT2D eigenvalue weighted by Gasteiger charge is -2.29. The van der Waals surface area contributed by atoms with Crippen molar-refractivity contribution in [2.45, 2.75) is 25.7 Å². The van der Waals surface area contributed by atoms with Crippen molar-refractivity contribution >= 4 is 11.8 Å². The Morgan fingerprint density at radius 2 is 2.19 bits per heavy atom. The normalized spacial score (nSPS) is 15.1. The molecule has 0 saturated heterocycles. The van der Waals surface area contributed by atoms with Crippen molar-refractivity contribution in [3.8, 4) is 0 Å². The summed E-state index contributed by atoms with van der Waals surface area (Å²) in [6, 6.07) is 0. The van der Waals surface area contributed by atoms with Crippen LogP contribution < -0.4 is 5.32 Å². The molecule has 2 amide bonds. The maximum absolute atomic E-state index is 11.7. The van der Waals surface area contributed by atoms with E-state index in [9.17, 15) is 9.59 Å². The first kappa shape index (κ1) is 12.7. The van der Waals surface area contributed by atoms with Crippen LogP contribution in [0, 0.1) is 5.92 Å². The van der Waals surface area contributed by atoms with Gasteiger partial charge in [-0.15, -0.1) is 0 Å². The molecule has 0 bridgehead atoms. The van der Waals surface area contributed by atoms with E-state index in [1.165, 1.54) is 12.5 Å². The summed E-state index contributed by atoms with van der Waals surface area (Å²) in [4.78, 5) is 24.3. The van der Waals surface area contributed by atoms with Crippen molar-refractivity contribution in [3.05, 3.63) is 12.7 Å². The SMILES string of the molecule is C=CC(=O)NCCCN(C)C(=O)C1CCC1. The largest absolute Gasteiger partial charge is 0.353 e. The first-order valence-electron chi connectivity index (χ1n) is 5.80. The molecule has 0 heterocycles. The molecule has 90 valence electrons. The number of hydrogen-bond acceptors (Lipinski definition) is 2. The van der Waals surface area contributed by atoms with E-state index in [4.69, 9.17) is 0 Å². The number of carbonyl (C=O) groups excluding carboxylic acids is 2. The second kappa shape index (κ2) is 6.30. The molecule has 4 heteroatoms. The molecule has 0 aromatic carbocycles. The Kier molecular flexibility index (Phi) is 5.02. The third-order valence-corrected chi connectivity index (χ3v) is 2.99. The van der Waals surface area contributed by atoms with Crippen LogP contribution >= 0.6 is 0 Å². The van der Waals surface area contributed by atoms with Gasteiger partial charge in [0.25, 0.3) is 0 Å². The van der Waals surface area contributed by atoms with E-state index in [1.807, 2.05) is 7.05 Å². The predicted octanol–water partition coefficient (Wildman–Crippen LogP) is 0.937.